The Morgan fingerprint density at radius 2 is 2.26 bits per heavy atom. The molecule has 1 aromatic carbocycles. The maximum absolute atomic E-state index is 13.5. The number of hydrogen-bond donors (Lipinski definition) is 0. The number of hydrogen-bond acceptors (Lipinski definition) is 2. The number of likely N-dealkylation sites (tertiary alicyclic amines) is 1. The van der Waals surface area contributed by atoms with Crippen LogP contribution in [0.3, 0.4) is 0 Å². The second-order valence-electron chi connectivity index (χ2n) is 4.70. The first-order valence-electron chi connectivity index (χ1n) is 6.22. The molecule has 2 rings (SSSR count). The van der Waals surface area contributed by atoms with E-state index in [0.717, 1.165) is 18.9 Å². The summed E-state index contributed by atoms with van der Waals surface area (Å²) in [5, 5.41) is 8.86. The van der Waals surface area contributed by atoms with E-state index in [4.69, 9.17) is 5.26 Å². The Labute approximate surface area is 110 Å². The molecule has 0 radical (unpaired) electrons. The fourth-order valence-corrected chi connectivity index (χ4v) is 2.27. The number of amides is 1. The van der Waals surface area contributed by atoms with Gasteiger partial charge in [-0.15, -0.1) is 0 Å². The molecule has 19 heavy (non-hydrogen) atoms. The zero-order valence-electron chi connectivity index (χ0n) is 10.4. The highest BCUT2D eigenvalue weighted by atomic mass is 19.2. The molecule has 1 unspecified atom stereocenters. The summed E-state index contributed by atoms with van der Waals surface area (Å²) in [7, 11) is 0. The SMILES string of the molecule is N#CC1CCCN(C(=O)Cc2cccc(F)c2F)C1. The first-order valence-corrected chi connectivity index (χ1v) is 6.22. The minimum absolute atomic E-state index is 0.0593. The number of nitriles is 1. The van der Waals surface area contributed by atoms with E-state index >= 15 is 0 Å². The molecule has 0 bridgehead atoms. The summed E-state index contributed by atoms with van der Waals surface area (Å²) >= 11 is 0. The molecule has 0 saturated carbocycles. The molecule has 0 spiro atoms. The number of carbonyl (C=O) groups is 1. The minimum Gasteiger partial charge on any atom is -0.341 e. The van der Waals surface area contributed by atoms with E-state index in [9.17, 15) is 13.6 Å². The molecular weight excluding hydrogens is 250 g/mol. The molecule has 0 aliphatic carbocycles. The number of rotatable bonds is 2. The molecule has 1 aromatic rings. The van der Waals surface area contributed by atoms with Crippen molar-refractivity contribution in [3.8, 4) is 6.07 Å². The first-order chi connectivity index (χ1) is 9.11. The van der Waals surface area contributed by atoms with Crippen molar-refractivity contribution in [1.82, 2.24) is 4.90 Å². The van der Waals surface area contributed by atoms with Gasteiger partial charge < -0.3 is 4.90 Å². The standard InChI is InChI=1S/C14H14F2N2O/c15-12-5-1-4-11(14(12)16)7-13(19)18-6-2-3-10(8-17)9-18/h1,4-5,10H,2-3,6-7,9H2. The molecule has 1 saturated heterocycles. The summed E-state index contributed by atoms with van der Waals surface area (Å²) in [4.78, 5) is 13.6. The Morgan fingerprint density at radius 1 is 1.47 bits per heavy atom. The molecule has 1 amide bonds. The lowest BCUT2D eigenvalue weighted by Crippen LogP contribution is -2.40. The molecule has 1 fully saturated rings. The van der Waals surface area contributed by atoms with Crippen LogP contribution in [-0.2, 0) is 11.2 Å². The van der Waals surface area contributed by atoms with Crippen molar-refractivity contribution in [2.24, 2.45) is 5.92 Å². The van der Waals surface area contributed by atoms with Crippen LogP contribution in [0.15, 0.2) is 18.2 Å². The van der Waals surface area contributed by atoms with Gasteiger partial charge >= 0.3 is 0 Å². The topological polar surface area (TPSA) is 44.1 Å². The molecular formula is C14H14F2N2O. The van der Waals surface area contributed by atoms with Crippen LogP contribution in [0.1, 0.15) is 18.4 Å². The maximum Gasteiger partial charge on any atom is 0.227 e. The number of benzene rings is 1. The average molecular weight is 264 g/mol. The van der Waals surface area contributed by atoms with Crippen LogP contribution < -0.4 is 0 Å². The predicted octanol–water partition coefficient (Wildman–Crippen LogP) is 2.27. The molecule has 0 aromatic heterocycles. The smallest absolute Gasteiger partial charge is 0.227 e. The van der Waals surface area contributed by atoms with E-state index in [-0.39, 0.29) is 23.8 Å². The van der Waals surface area contributed by atoms with E-state index in [1.807, 2.05) is 0 Å². The van der Waals surface area contributed by atoms with Gasteiger partial charge in [0.1, 0.15) is 0 Å². The monoisotopic (exact) mass is 264 g/mol. The van der Waals surface area contributed by atoms with Crippen molar-refractivity contribution in [2.45, 2.75) is 19.3 Å². The fourth-order valence-electron chi connectivity index (χ4n) is 2.27. The Bertz CT molecular complexity index is 525. The molecule has 1 atom stereocenters. The molecule has 1 aliphatic rings. The van der Waals surface area contributed by atoms with Crippen LogP contribution >= 0.6 is 0 Å². The van der Waals surface area contributed by atoms with Crippen LogP contribution in [0.25, 0.3) is 0 Å². The summed E-state index contributed by atoms with van der Waals surface area (Å²) < 4.78 is 26.5. The van der Waals surface area contributed by atoms with Crippen LogP contribution in [0.5, 0.6) is 0 Å². The van der Waals surface area contributed by atoms with Gasteiger partial charge in [0, 0.05) is 18.7 Å². The maximum atomic E-state index is 13.5. The third-order valence-corrected chi connectivity index (χ3v) is 3.33. The molecule has 1 heterocycles. The summed E-state index contributed by atoms with van der Waals surface area (Å²) in [6, 6.07) is 5.96. The van der Waals surface area contributed by atoms with Gasteiger partial charge in [0.15, 0.2) is 11.6 Å². The van der Waals surface area contributed by atoms with Gasteiger partial charge in [0.05, 0.1) is 18.4 Å². The quantitative estimate of drug-likeness (QED) is 0.822. The number of carbonyl (C=O) groups excluding carboxylic acids is 1. The average Bonchev–Trinajstić information content (AvgIpc) is 2.44. The zero-order chi connectivity index (χ0) is 13.8. The Kier molecular flexibility index (Phi) is 4.10. The van der Waals surface area contributed by atoms with Crippen LogP contribution in [-0.4, -0.2) is 23.9 Å². The Morgan fingerprint density at radius 3 is 3.00 bits per heavy atom. The van der Waals surface area contributed by atoms with Crippen LogP contribution in [0.2, 0.25) is 0 Å². The third-order valence-electron chi connectivity index (χ3n) is 3.33. The van der Waals surface area contributed by atoms with Crippen LogP contribution in [0.4, 0.5) is 8.78 Å². The van der Waals surface area contributed by atoms with Crippen LogP contribution in [0, 0.1) is 28.9 Å². The minimum atomic E-state index is -0.968. The molecule has 5 heteroatoms. The largest absolute Gasteiger partial charge is 0.341 e. The van der Waals surface area contributed by atoms with Gasteiger partial charge in [-0.05, 0) is 18.9 Å². The first kappa shape index (κ1) is 13.5. The summed E-state index contributed by atoms with van der Waals surface area (Å²) in [5.41, 5.74) is 0.0593. The summed E-state index contributed by atoms with van der Waals surface area (Å²) in [5.74, 6) is -2.33. The lowest BCUT2D eigenvalue weighted by atomic mass is 9.99. The van der Waals surface area contributed by atoms with E-state index in [2.05, 4.69) is 6.07 Å². The van der Waals surface area contributed by atoms with Crippen molar-refractivity contribution in [2.75, 3.05) is 13.1 Å². The number of halogens is 2. The highest BCUT2D eigenvalue weighted by molar-refractivity contribution is 5.79. The lowest BCUT2D eigenvalue weighted by Gasteiger charge is -2.29. The van der Waals surface area contributed by atoms with Gasteiger partial charge in [-0.25, -0.2) is 8.78 Å². The van der Waals surface area contributed by atoms with E-state index in [0.29, 0.717) is 13.1 Å². The molecule has 0 N–H and O–H groups in total. The zero-order valence-corrected chi connectivity index (χ0v) is 10.4. The van der Waals surface area contributed by atoms with E-state index in [1.165, 1.54) is 12.1 Å². The number of nitrogens with zero attached hydrogens (tertiary/aromatic N) is 2. The second kappa shape index (κ2) is 5.79. The van der Waals surface area contributed by atoms with Gasteiger partial charge in [-0.1, -0.05) is 12.1 Å². The lowest BCUT2D eigenvalue weighted by molar-refractivity contribution is -0.131. The second-order valence-corrected chi connectivity index (χ2v) is 4.70. The molecule has 100 valence electrons. The summed E-state index contributed by atoms with van der Waals surface area (Å²) in [6.45, 7) is 0.959. The Hall–Kier alpha value is -1.96. The van der Waals surface area contributed by atoms with Crippen molar-refractivity contribution in [3.05, 3.63) is 35.4 Å². The summed E-state index contributed by atoms with van der Waals surface area (Å²) in [6.07, 6.45) is 1.39. The normalized spacial score (nSPS) is 19.0. The van der Waals surface area contributed by atoms with Gasteiger partial charge in [-0.3, -0.25) is 4.79 Å². The van der Waals surface area contributed by atoms with Crippen molar-refractivity contribution >= 4 is 5.91 Å². The van der Waals surface area contributed by atoms with Gasteiger partial charge in [0.2, 0.25) is 5.91 Å². The van der Waals surface area contributed by atoms with Gasteiger partial charge in [-0.2, -0.15) is 5.26 Å². The molecule has 1 aliphatic heterocycles. The third kappa shape index (κ3) is 3.08. The molecule has 3 nitrogen and oxygen atoms in total. The van der Waals surface area contributed by atoms with Crippen molar-refractivity contribution in [1.29, 1.82) is 5.26 Å². The van der Waals surface area contributed by atoms with Gasteiger partial charge in [0.25, 0.3) is 0 Å². The highest BCUT2D eigenvalue weighted by Crippen LogP contribution is 2.18. The predicted molar refractivity (Wildman–Crippen MR) is 65.0 cm³/mol. The number of piperidine rings is 1. The van der Waals surface area contributed by atoms with E-state index in [1.54, 1.807) is 4.90 Å². The highest BCUT2D eigenvalue weighted by Gasteiger charge is 2.24. The van der Waals surface area contributed by atoms with Crippen molar-refractivity contribution in [3.63, 3.8) is 0 Å². The fraction of sp³-hybridized carbons (Fsp3) is 0.429. The van der Waals surface area contributed by atoms with E-state index < -0.39 is 11.6 Å². The Balaban J connectivity index is 2.05. The van der Waals surface area contributed by atoms with Crippen molar-refractivity contribution < 1.29 is 13.6 Å².